The molecule has 146 valence electrons. The summed E-state index contributed by atoms with van der Waals surface area (Å²) in [6, 6.07) is 0. The molecule has 0 saturated heterocycles. The van der Waals surface area contributed by atoms with E-state index in [1.807, 2.05) is 22.6 Å². The fourth-order valence-corrected chi connectivity index (χ4v) is 1.89. The highest BCUT2D eigenvalue weighted by molar-refractivity contribution is 14.1. The average molecular weight is 472 g/mol. The third kappa shape index (κ3) is 12.1. The Kier molecular flexibility index (Phi) is 12.8. The molecule has 0 rings (SSSR count). The first kappa shape index (κ1) is 24.1. The molecule has 1 N–H and O–H groups in total. The van der Waals surface area contributed by atoms with Crippen LogP contribution in [0.4, 0.5) is 0 Å². The van der Waals surface area contributed by atoms with Gasteiger partial charge in [0.1, 0.15) is 43.4 Å². The highest BCUT2D eigenvalue weighted by atomic mass is 127. The van der Waals surface area contributed by atoms with Gasteiger partial charge in [0.2, 0.25) is 0 Å². The molecule has 0 heterocycles. The first-order valence-electron chi connectivity index (χ1n) is 8.62. The standard InChI is InChI=1S/C17H30INO6/c1-12(2)15(20)23-9-6-19(7-10-24-16(21)13(3)4)8-11-25-17(22)14(5)18/h12-14H,6-11H2,1-5H3/p+1. The lowest BCUT2D eigenvalue weighted by atomic mass is 10.2. The first-order chi connectivity index (χ1) is 11.6. The van der Waals surface area contributed by atoms with Crippen LogP contribution in [0.15, 0.2) is 0 Å². The van der Waals surface area contributed by atoms with E-state index in [-0.39, 0.29) is 53.5 Å². The molecule has 0 aliphatic carbocycles. The Balaban J connectivity index is 4.31. The number of rotatable bonds is 12. The summed E-state index contributed by atoms with van der Waals surface area (Å²) in [6.07, 6.45) is 0. The quantitative estimate of drug-likeness (QED) is 0.194. The maximum Gasteiger partial charge on any atom is 0.318 e. The monoisotopic (exact) mass is 472 g/mol. The summed E-state index contributed by atoms with van der Waals surface area (Å²) < 4.78 is 15.4. The molecule has 7 nitrogen and oxygen atoms in total. The van der Waals surface area contributed by atoms with Crippen molar-refractivity contribution >= 4 is 40.5 Å². The summed E-state index contributed by atoms with van der Waals surface area (Å²) in [7, 11) is 0. The lowest BCUT2D eigenvalue weighted by Crippen LogP contribution is -3.13. The Morgan fingerprint density at radius 3 is 1.32 bits per heavy atom. The molecule has 0 spiro atoms. The van der Waals surface area contributed by atoms with E-state index in [0.29, 0.717) is 19.6 Å². The number of ether oxygens (including phenoxy) is 3. The number of carbonyl (C=O) groups is 3. The van der Waals surface area contributed by atoms with Gasteiger partial charge >= 0.3 is 17.9 Å². The van der Waals surface area contributed by atoms with Crippen LogP contribution in [0, 0.1) is 11.8 Å². The Morgan fingerprint density at radius 2 is 1.04 bits per heavy atom. The summed E-state index contributed by atoms with van der Waals surface area (Å²) in [5, 5.41) is 0. The van der Waals surface area contributed by atoms with Gasteiger partial charge in [0.25, 0.3) is 0 Å². The van der Waals surface area contributed by atoms with E-state index in [1.54, 1.807) is 34.6 Å². The second-order valence-electron chi connectivity index (χ2n) is 6.43. The Labute approximate surface area is 163 Å². The molecule has 0 saturated carbocycles. The van der Waals surface area contributed by atoms with Crippen LogP contribution in [-0.2, 0) is 28.6 Å². The van der Waals surface area contributed by atoms with E-state index in [2.05, 4.69) is 0 Å². The van der Waals surface area contributed by atoms with Crippen LogP contribution >= 0.6 is 22.6 Å². The van der Waals surface area contributed by atoms with Crippen LogP contribution < -0.4 is 4.90 Å². The Hall–Kier alpha value is -0.900. The van der Waals surface area contributed by atoms with Crippen molar-refractivity contribution in [3.63, 3.8) is 0 Å². The molecule has 0 bridgehead atoms. The number of halogens is 1. The van der Waals surface area contributed by atoms with Crippen molar-refractivity contribution in [2.24, 2.45) is 11.8 Å². The molecule has 0 aromatic heterocycles. The molecule has 0 aromatic rings. The van der Waals surface area contributed by atoms with Gasteiger partial charge in [0.15, 0.2) is 0 Å². The maximum absolute atomic E-state index is 11.5. The highest BCUT2D eigenvalue weighted by Crippen LogP contribution is 2.00. The number of carbonyl (C=O) groups excluding carboxylic acids is 3. The minimum Gasteiger partial charge on any atom is -0.459 e. The van der Waals surface area contributed by atoms with Gasteiger partial charge in [-0.3, -0.25) is 14.4 Å². The fraction of sp³-hybridized carbons (Fsp3) is 0.824. The molecule has 1 atom stereocenters. The number of esters is 3. The van der Waals surface area contributed by atoms with Crippen LogP contribution in [0.5, 0.6) is 0 Å². The summed E-state index contributed by atoms with van der Waals surface area (Å²) in [5.41, 5.74) is 0. The minimum absolute atomic E-state index is 0.165. The summed E-state index contributed by atoms with van der Waals surface area (Å²) in [5.74, 6) is -1.06. The topological polar surface area (TPSA) is 83.3 Å². The van der Waals surface area contributed by atoms with E-state index in [0.717, 1.165) is 4.90 Å². The highest BCUT2D eigenvalue weighted by Gasteiger charge is 2.16. The van der Waals surface area contributed by atoms with Crippen LogP contribution in [0.1, 0.15) is 34.6 Å². The lowest BCUT2D eigenvalue weighted by molar-refractivity contribution is -0.900. The van der Waals surface area contributed by atoms with Crippen molar-refractivity contribution < 1.29 is 33.5 Å². The number of hydrogen-bond acceptors (Lipinski definition) is 6. The Morgan fingerprint density at radius 1 is 0.720 bits per heavy atom. The lowest BCUT2D eigenvalue weighted by Gasteiger charge is -2.20. The molecule has 0 amide bonds. The van der Waals surface area contributed by atoms with E-state index in [4.69, 9.17) is 14.2 Å². The normalized spacial score (nSPS) is 12.4. The van der Waals surface area contributed by atoms with Gasteiger partial charge < -0.3 is 19.1 Å². The summed E-state index contributed by atoms with van der Waals surface area (Å²) in [4.78, 5) is 35.6. The van der Waals surface area contributed by atoms with Gasteiger partial charge in [0, 0.05) is 0 Å². The minimum atomic E-state index is -0.252. The van der Waals surface area contributed by atoms with Gasteiger partial charge in [-0.15, -0.1) is 0 Å². The smallest absolute Gasteiger partial charge is 0.318 e. The van der Waals surface area contributed by atoms with E-state index in [9.17, 15) is 14.4 Å². The molecule has 0 aromatic carbocycles. The second kappa shape index (κ2) is 13.3. The van der Waals surface area contributed by atoms with Gasteiger partial charge in [-0.2, -0.15) is 0 Å². The number of hydrogen-bond donors (Lipinski definition) is 1. The molecular formula is C17H31INO6+. The van der Waals surface area contributed by atoms with Crippen molar-refractivity contribution in [3.05, 3.63) is 0 Å². The van der Waals surface area contributed by atoms with E-state index >= 15 is 0 Å². The average Bonchev–Trinajstić information content (AvgIpc) is 2.53. The molecule has 0 aliphatic heterocycles. The number of alkyl halides is 1. The SMILES string of the molecule is CC(C)C(=O)OCC[NH+](CCOC(=O)C(C)C)CCOC(=O)C(C)I. The van der Waals surface area contributed by atoms with Crippen LogP contribution in [-0.4, -0.2) is 61.3 Å². The van der Waals surface area contributed by atoms with Gasteiger partial charge in [-0.25, -0.2) is 0 Å². The van der Waals surface area contributed by atoms with E-state index < -0.39 is 0 Å². The molecule has 8 heteroatoms. The van der Waals surface area contributed by atoms with Gasteiger partial charge in [-0.1, -0.05) is 50.3 Å². The predicted molar refractivity (Wildman–Crippen MR) is 102 cm³/mol. The molecule has 0 aliphatic rings. The Bertz CT molecular complexity index is 364. The maximum atomic E-state index is 11.5. The summed E-state index contributed by atoms with van der Waals surface area (Å²) in [6.45, 7) is 11.4. The van der Waals surface area contributed by atoms with Crippen molar-refractivity contribution in [1.29, 1.82) is 0 Å². The third-order valence-electron chi connectivity index (χ3n) is 3.37. The van der Waals surface area contributed by atoms with Crippen LogP contribution in [0.25, 0.3) is 0 Å². The molecular weight excluding hydrogens is 441 g/mol. The molecule has 1 unspecified atom stereocenters. The van der Waals surface area contributed by atoms with Gasteiger partial charge in [0.05, 0.1) is 11.8 Å². The zero-order valence-electron chi connectivity index (χ0n) is 15.8. The second-order valence-corrected chi connectivity index (χ2v) is 8.30. The number of quaternary nitrogens is 1. The third-order valence-corrected chi connectivity index (χ3v) is 3.88. The number of nitrogens with one attached hydrogen (secondary N) is 1. The molecule has 0 radical (unpaired) electrons. The van der Waals surface area contributed by atoms with Crippen molar-refractivity contribution in [3.8, 4) is 0 Å². The zero-order chi connectivity index (χ0) is 19.4. The van der Waals surface area contributed by atoms with E-state index in [1.165, 1.54) is 0 Å². The zero-order valence-corrected chi connectivity index (χ0v) is 18.0. The predicted octanol–water partition coefficient (Wildman–Crippen LogP) is 0.636. The van der Waals surface area contributed by atoms with Crippen molar-refractivity contribution in [1.82, 2.24) is 0 Å². The molecule has 0 fully saturated rings. The van der Waals surface area contributed by atoms with Crippen LogP contribution in [0.2, 0.25) is 0 Å². The van der Waals surface area contributed by atoms with Crippen LogP contribution in [0.3, 0.4) is 0 Å². The first-order valence-corrected chi connectivity index (χ1v) is 9.87. The summed E-state index contributed by atoms with van der Waals surface area (Å²) >= 11 is 2.00. The van der Waals surface area contributed by atoms with Gasteiger partial charge in [-0.05, 0) is 6.92 Å². The largest absolute Gasteiger partial charge is 0.459 e. The van der Waals surface area contributed by atoms with Crippen molar-refractivity contribution in [2.45, 2.75) is 38.5 Å². The fourth-order valence-electron chi connectivity index (χ4n) is 1.71. The van der Waals surface area contributed by atoms with Crippen molar-refractivity contribution in [2.75, 3.05) is 39.5 Å². The molecule has 25 heavy (non-hydrogen) atoms.